The van der Waals surface area contributed by atoms with Crippen molar-refractivity contribution in [2.75, 3.05) is 13.2 Å². The van der Waals surface area contributed by atoms with Crippen LogP contribution in [0.4, 0.5) is 9.59 Å². The number of hydrogen-bond acceptors (Lipinski definition) is 7. The van der Waals surface area contributed by atoms with Gasteiger partial charge in [-0.05, 0) is 29.5 Å². The van der Waals surface area contributed by atoms with Gasteiger partial charge in [0.05, 0.1) is 0 Å². The molecule has 9 heteroatoms. The number of imide groups is 1. The molecule has 0 saturated carbocycles. The zero-order chi connectivity index (χ0) is 30.0. The van der Waals surface area contributed by atoms with Crippen molar-refractivity contribution in [3.05, 3.63) is 120 Å². The van der Waals surface area contributed by atoms with E-state index in [2.05, 4.69) is 11.9 Å². The smallest absolute Gasteiger partial charge is 0.419 e. The fourth-order valence-electron chi connectivity index (χ4n) is 3.96. The number of carbonyl (C=O) groups is 4. The summed E-state index contributed by atoms with van der Waals surface area (Å²) in [4.78, 5) is 51.8. The summed E-state index contributed by atoms with van der Waals surface area (Å²) < 4.78 is 15.9. The van der Waals surface area contributed by atoms with E-state index in [1.807, 2.05) is 91.0 Å². The minimum atomic E-state index is -0.864. The molecule has 1 unspecified atom stereocenters. The standard InChI is InChI=1S/C33H36N2O7/c1-2-22-40-31(37)29(23-26-14-6-3-7-15-26)34-30(36)20-12-13-21-35(32(38)41-24-27-16-8-4-9-17-27)33(39)42-25-28-18-10-5-11-19-28/h2-11,14-19,29H,1,12-13,20-25H2,(H,34,36). The van der Waals surface area contributed by atoms with E-state index in [-0.39, 0.29) is 45.1 Å². The zero-order valence-electron chi connectivity index (χ0n) is 23.5. The van der Waals surface area contributed by atoms with Crippen molar-refractivity contribution < 1.29 is 33.4 Å². The third-order valence-electron chi connectivity index (χ3n) is 6.13. The molecule has 1 atom stereocenters. The number of esters is 1. The van der Waals surface area contributed by atoms with E-state index in [1.165, 1.54) is 6.08 Å². The molecule has 42 heavy (non-hydrogen) atoms. The number of benzene rings is 3. The Morgan fingerprint density at radius 2 is 1.21 bits per heavy atom. The molecule has 3 aromatic carbocycles. The Morgan fingerprint density at radius 1 is 0.714 bits per heavy atom. The summed E-state index contributed by atoms with van der Waals surface area (Å²) in [6.45, 7) is 3.56. The van der Waals surface area contributed by atoms with E-state index < -0.39 is 24.2 Å². The Balaban J connectivity index is 1.54. The fraction of sp³-hybridized carbons (Fsp3) is 0.273. The highest BCUT2D eigenvalue weighted by Crippen LogP contribution is 2.11. The van der Waals surface area contributed by atoms with Crippen molar-refractivity contribution in [3.8, 4) is 0 Å². The SMILES string of the molecule is C=CCOC(=O)C(Cc1ccccc1)NC(=O)CCCCN(C(=O)OCc1ccccc1)C(=O)OCc1ccccc1. The molecule has 9 nitrogen and oxygen atoms in total. The summed E-state index contributed by atoms with van der Waals surface area (Å²) in [6.07, 6.45) is 0.797. The van der Waals surface area contributed by atoms with E-state index in [1.54, 1.807) is 0 Å². The number of unbranched alkanes of at least 4 members (excludes halogenated alkanes) is 1. The van der Waals surface area contributed by atoms with Crippen LogP contribution < -0.4 is 5.32 Å². The number of nitrogens with one attached hydrogen (secondary N) is 1. The van der Waals surface area contributed by atoms with Crippen LogP contribution in [0.25, 0.3) is 0 Å². The van der Waals surface area contributed by atoms with Gasteiger partial charge in [-0.2, -0.15) is 0 Å². The molecule has 3 rings (SSSR count). The van der Waals surface area contributed by atoms with Gasteiger partial charge in [0.2, 0.25) is 5.91 Å². The molecular weight excluding hydrogens is 536 g/mol. The van der Waals surface area contributed by atoms with Gasteiger partial charge in [-0.15, -0.1) is 0 Å². The zero-order valence-corrected chi connectivity index (χ0v) is 23.5. The highest BCUT2D eigenvalue weighted by molar-refractivity contribution is 5.88. The minimum Gasteiger partial charge on any atom is -0.460 e. The van der Waals surface area contributed by atoms with Gasteiger partial charge in [0.1, 0.15) is 25.9 Å². The van der Waals surface area contributed by atoms with Gasteiger partial charge in [-0.25, -0.2) is 19.3 Å². The topological polar surface area (TPSA) is 111 Å². The van der Waals surface area contributed by atoms with Crippen LogP contribution in [-0.4, -0.2) is 48.2 Å². The molecule has 0 radical (unpaired) electrons. The van der Waals surface area contributed by atoms with Crippen LogP contribution >= 0.6 is 0 Å². The van der Waals surface area contributed by atoms with E-state index in [4.69, 9.17) is 14.2 Å². The lowest BCUT2D eigenvalue weighted by molar-refractivity contribution is -0.146. The van der Waals surface area contributed by atoms with E-state index in [0.29, 0.717) is 12.8 Å². The molecule has 0 aromatic heterocycles. The van der Waals surface area contributed by atoms with Gasteiger partial charge in [0, 0.05) is 19.4 Å². The lowest BCUT2D eigenvalue weighted by Crippen LogP contribution is -2.43. The molecule has 1 N–H and O–H groups in total. The Morgan fingerprint density at radius 3 is 1.71 bits per heavy atom. The highest BCUT2D eigenvalue weighted by Gasteiger charge is 2.25. The molecule has 0 saturated heterocycles. The first-order valence-electron chi connectivity index (χ1n) is 13.8. The maximum atomic E-state index is 12.8. The third-order valence-corrected chi connectivity index (χ3v) is 6.13. The number of amides is 3. The maximum absolute atomic E-state index is 12.8. The van der Waals surface area contributed by atoms with Gasteiger partial charge in [0.25, 0.3) is 0 Å². The predicted octanol–water partition coefficient (Wildman–Crippen LogP) is 5.59. The Hall–Kier alpha value is -4.92. The quantitative estimate of drug-likeness (QED) is 0.109. The largest absolute Gasteiger partial charge is 0.460 e. The van der Waals surface area contributed by atoms with Gasteiger partial charge >= 0.3 is 18.2 Å². The summed E-state index contributed by atoms with van der Waals surface area (Å²) >= 11 is 0. The molecule has 0 fully saturated rings. The summed E-state index contributed by atoms with van der Waals surface area (Å²) in [7, 11) is 0. The lowest BCUT2D eigenvalue weighted by atomic mass is 10.1. The summed E-state index contributed by atoms with van der Waals surface area (Å²) in [5, 5.41) is 2.74. The van der Waals surface area contributed by atoms with Crippen molar-refractivity contribution >= 4 is 24.1 Å². The van der Waals surface area contributed by atoms with E-state index in [9.17, 15) is 19.2 Å². The minimum absolute atomic E-state index is 0.00466. The van der Waals surface area contributed by atoms with Crippen LogP contribution in [0.2, 0.25) is 0 Å². The maximum Gasteiger partial charge on any atom is 0.419 e. The Kier molecular flexibility index (Phi) is 13.3. The van der Waals surface area contributed by atoms with Crippen LogP contribution in [-0.2, 0) is 43.4 Å². The predicted molar refractivity (Wildman–Crippen MR) is 157 cm³/mol. The average Bonchev–Trinajstić information content (AvgIpc) is 3.02. The molecule has 0 bridgehead atoms. The van der Waals surface area contributed by atoms with E-state index in [0.717, 1.165) is 21.6 Å². The molecule has 220 valence electrons. The first-order chi connectivity index (χ1) is 20.5. The summed E-state index contributed by atoms with van der Waals surface area (Å²) in [5.74, 6) is -0.906. The number of ether oxygens (including phenoxy) is 3. The monoisotopic (exact) mass is 572 g/mol. The molecule has 0 aliphatic heterocycles. The molecule has 3 aromatic rings. The molecular formula is C33H36N2O7. The number of carbonyl (C=O) groups excluding carboxylic acids is 4. The summed E-state index contributed by atoms with van der Waals surface area (Å²) in [5.41, 5.74) is 2.42. The van der Waals surface area contributed by atoms with Crippen molar-refractivity contribution in [1.29, 1.82) is 0 Å². The molecule has 0 aliphatic carbocycles. The summed E-state index contributed by atoms with van der Waals surface area (Å²) in [6, 6.07) is 26.7. The number of nitrogens with zero attached hydrogens (tertiary/aromatic N) is 1. The third kappa shape index (κ3) is 11.3. The molecule has 0 heterocycles. The Labute approximate surface area is 246 Å². The van der Waals surface area contributed by atoms with Crippen LogP contribution in [0.3, 0.4) is 0 Å². The molecule has 3 amide bonds. The van der Waals surface area contributed by atoms with Crippen molar-refractivity contribution in [2.45, 2.75) is 44.9 Å². The van der Waals surface area contributed by atoms with Gasteiger partial charge in [0.15, 0.2) is 0 Å². The van der Waals surface area contributed by atoms with Crippen molar-refractivity contribution in [1.82, 2.24) is 10.2 Å². The number of rotatable bonds is 15. The van der Waals surface area contributed by atoms with Crippen LogP contribution in [0.15, 0.2) is 104 Å². The normalized spacial score (nSPS) is 11.0. The van der Waals surface area contributed by atoms with Crippen molar-refractivity contribution in [2.24, 2.45) is 0 Å². The molecule has 0 spiro atoms. The molecule has 0 aliphatic rings. The fourth-order valence-corrected chi connectivity index (χ4v) is 3.96. The van der Waals surface area contributed by atoms with Crippen molar-refractivity contribution in [3.63, 3.8) is 0 Å². The van der Waals surface area contributed by atoms with E-state index >= 15 is 0 Å². The average molecular weight is 573 g/mol. The Bertz CT molecular complexity index is 1230. The lowest BCUT2D eigenvalue weighted by Gasteiger charge is -2.20. The first-order valence-corrected chi connectivity index (χ1v) is 13.8. The van der Waals surface area contributed by atoms with Gasteiger partial charge in [-0.1, -0.05) is 104 Å². The van der Waals surface area contributed by atoms with Crippen LogP contribution in [0.5, 0.6) is 0 Å². The second-order valence-corrected chi connectivity index (χ2v) is 9.42. The first kappa shape index (κ1) is 31.6. The van der Waals surface area contributed by atoms with Gasteiger partial charge < -0.3 is 19.5 Å². The van der Waals surface area contributed by atoms with Crippen LogP contribution in [0.1, 0.15) is 36.0 Å². The number of hydrogen-bond donors (Lipinski definition) is 1. The second kappa shape index (κ2) is 17.7. The van der Waals surface area contributed by atoms with Crippen LogP contribution in [0, 0.1) is 0 Å². The highest BCUT2D eigenvalue weighted by atomic mass is 16.6. The van der Waals surface area contributed by atoms with Gasteiger partial charge in [-0.3, -0.25) is 4.79 Å². The second-order valence-electron chi connectivity index (χ2n) is 9.42.